The lowest BCUT2D eigenvalue weighted by Gasteiger charge is -2.19. The summed E-state index contributed by atoms with van der Waals surface area (Å²) in [6.07, 6.45) is 13.4. The van der Waals surface area contributed by atoms with Crippen LogP contribution in [0.5, 0.6) is 0 Å². The fourth-order valence-corrected chi connectivity index (χ4v) is 2.50. The van der Waals surface area contributed by atoms with E-state index in [1.54, 1.807) is 0 Å². The quantitative estimate of drug-likeness (QED) is 0.585. The molecule has 0 aromatic rings. The Hall–Kier alpha value is -0.330. The molecule has 1 fully saturated rings. The zero-order valence-electron chi connectivity index (χ0n) is 9.84. The summed E-state index contributed by atoms with van der Waals surface area (Å²) in [6, 6.07) is 0.554. The summed E-state index contributed by atoms with van der Waals surface area (Å²) >= 11 is 0. The van der Waals surface area contributed by atoms with Crippen LogP contribution in [0.1, 0.15) is 65.2 Å². The van der Waals surface area contributed by atoms with Gasteiger partial charge in [0.25, 0.3) is 0 Å². The maximum Gasteiger partial charge on any atom is 0.0495 e. The lowest BCUT2D eigenvalue weighted by Crippen LogP contribution is -2.15. The van der Waals surface area contributed by atoms with Crippen molar-refractivity contribution in [3.05, 3.63) is 0 Å². The van der Waals surface area contributed by atoms with Crippen molar-refractivity contribution in [2.75, 3.05) is 0 Å². The minimum absolute atomic E-state index is 0.554. The highest BCUT2D eigenvalue weighted by Crippen LogP contribution is 2.25. The molecular formula is C13H25N. The van der Waals surface area contributed by atoms with Crippen molar-refractivity contribution in [1.29, 1.82) is 0 Å². The number of rotatable bonds is 2. The van der Waals surface area contributed by atoms with Crippen LogP contribution in [0.4, 0.5) is 0 Å². The van der Waals surface area contributed by atoms with E-state index in [9.17, 15) is 0 Å². The van der Waals surface area contributed by atoms with Crippen molar-refractivity contribution in [2.24, 2.45) is 10.9 Å². The van der Waals surface area contributed by atoms with Crippen molar-refractivity contribution < 1.29 is 0 Å². The van der Waals surface area contributed by atoms with Gasteiger partial charge in [-0.15, -0.1) is 0 Å². The Morgan fingerprint density at radius 3 is 2.00 bits per heavy atom. The molecular weight excluding hydrogens is 170 g/mol. The van der Waals surface area contributed by atoms with Crippen molar-refractivity contribution in [1.82, 2.24) is 0 Å². The maximum atomic E-state index is 4.53. The third-order valence-corrected chi connectivity index (χ3v) is 3.47. The molecule has 1 nitrogen and oxygen atoms in total. The molecule has 0 heterocycles. The molecule has 0 spiro atoms. The van der Waals surface area contributed by atoms with Gasteiger partial charge < -0.3 is 0 Å². The fourth-order valence-electron chi connectivity index (χ4n) is 2.50. The van der Waals surface area contributed by atoms with Gasteiger partial charge in [-0.3, -0.25) is 4.99 Å². The van der Waals surface area contributed by atoms with Gasteiger partial charge in [0.15, 0.2) is 0 Å². The Morgan fingerprint density at radius 2 is 1.50 bits per heavy atom. The molecule has 1 atom stereocenters. The predicted octanol–water partition coefficient (Wildman–Crippen LogP) is 4.22. The zero-order chi connectivity index (χ0) is 10.2. The Balaban J connectivity index is 2.38. The number of aliphatic imine (C=N–C) groups is 1. The predicted molar refractivity (Wildman–Crippen MR) is 64.1 cm³/mol. The van der Waals surface area contributed by atoms with E-state index in [0.717, 1.165) is 5.92 Å². The van der Waals surface area contributed by atoms with Crippen LogP contribution in [0, 0.1) is 5.92 Å². The lowest BCUT2D eigenvalue weighted by molar-refractivity contribution is 0.372. The first kappa shape index (κ1) is 11.7. The standard InChI is InChI=1S/C13H25N/c1-3-14-12(2)13-10-8-6-4-5-7-9-11-13/h3,12-13H,4-11H2,1-2H3. The molecule has 0 N–H and O–H groups in total. The minimum Gasteiger partial charge on any atom is -0.295 e. The summed E-state index contributed by atoms with van der Waals surface area (Å²) in [5.74, 6) is 0.851. The summed E-state index contributed by atoms with van der Waals surface area (Å²) in [7, 11) is 0. The van der Waals surface area contributed by atoms with E-state index in [4.69, 9.17) is 0 Å². The smallest absolute Gasteiger partial charge is 0.0495 e. The summed E-state index contributed by atoms with van der Waals surface area (Å²) < 4.78 is 0. The molecule has 0 aliphatic heterocycles. The zero-order valence-corrected chi connectivity index (χ0v) is 9.84. The van der Waals surface area contributed by atoms with Gasteiger partial charge in [-0.2, -0.15) is 0 Å². The molecule has 1 saturated carbocycles. The minimum atomic E-state index is 0.554. The van der Waals surface area contributed by atoms with Crippen LogP contribution in [0.2, 0.25) is 0 Å². The second kappa shape index (κ2) is 7.03. The Morgan fingerprint density at radius 1 is 1.00 bits per heavy atom. The fraction of sp³-hybridized carbons (Fsp3) is 0.923. The van der Waals surface area contributed by atoms with E-state index < -0.39 is 0 Å². The molecule has 14 heavy (non-hydrogen) atoms. The Labute approximate surface area is 89.0 Å². The van der Waals surface area contributed by atoms with E-state index >= 15 is 0 Å². The molecule has 1 aliphatic rings. The van der Waals surface area contributed by atoms with Crippen LogP contribution in [0.3, 0.4) is 0 Å². The van der Waals surface area contributed by atoms with Gasteiger partial charge in [0, 0.05) is 6.04 Å². The maximum absolute atomic E-state index is 4.53. The monoisotopic (exact) mass is 195 g/mol. The molecule has 0 aromatic carbocycles. The van der Waals surface area contributed by atoms with E-state index in [2.05, 4.69) is 11.9 Å². The number of nitrogens with zero attached hydrogens (tertiary/aromatic N) is 1. The van der Waals surface area contributed by atoms with Crippen LogP contribution in [0.25, 0.3) is 0 Å². The van der Waals surface area contributed by atoms with Gasteiger partial charge in [-0.1, -0.05) is 38.5 Å². The Kier molecular flexibility index (Phi) is 5.89. The molecule has 0 radical (unpaired) electrons. The van der Waals surface area contributed by atoms with Gasteiger partial charge in [0.05, 0.1) is 0 Å². The SMILES string of the molecule is CC=NC(C)C1CCCCCCCC1. The molecule has 0 aromatic heterocycles. The van der Waals surface area contributed by atoms with E-state index in [1.165, 1.54) is 51.4 Å². The number of hydrogen-bond acceptors (Lipinski definition) is 1. The molecule has 1 rings (SSSR count). The van der Waals surface area contributed by atoms with Crippen LogP contribution >= 0.6 is 0 Å². The van der Waals surface area contributed by atoms with E-state index in [0.29, 0.717) is 6.04 Å². The molecule has 0 amide bonds. The molecule has 0 bridgehead atoms. The summed E-state index contributed by atoms with van der Waals surface area (Å²) in [5, 5.41) is 0. The normalized spacial score (nSPS) is 24.1. The number of hydrogen-bond donors (Lipinski definition) is 0. The molecule has 1 heteroatoms. The molecule has 1 aliphatic carbocycles. The molecule has 0 saturated heterocycles. The molecule has 82 valence electrons. The van der Waals surface area contributed by atoms with Gasteiger partial charge in [0.1, 0.15) is 0 Å². The van der Waals surface area contributed by atoms with Crippen molar-refractivity contribution in [3.8, 4) is 0 Å². The topological polar surface area (TPSA) is 12.4 Å². The van der Waals surface area contributed by atoms with Crippen LogP contribution < -0.4 is 0 Å². The first-order valence-corrected chi connectivity index (χ1v) is 6.32. The first-order chi connectivity index (χ1) is 6.84. The van der Waals surface area contributed by atoms with Gasteiger partial charge >= 0.3 is 0 Å². The molecule has 1 unspecified atom stereocenters. The van der Waals surface area contributed by atoms with Crippen molar-refractivity contribution in [3.63, 3.8) is 0 Å². The van der Waals surface area contributed by atoms with Crippen LogP contribution in [-0.2, 0) is 0 Å². The summed E-state index contributed by atoms with van der Waals surface area (Å²) in [6.45, 7) is 4.31. The van der Waals surface area contributed by atoms with Gasteiger partial charge in [-0.25, -0.2) is 0 Å². The highest BCUT2D eigenvalue weighted by Gasteiger charge is 2.16. The first-order valence-electron chi connectivity index (χ1n) is 6.32. The Bertz CT molecular complexity index is 153. The largest absolute Gasteiger partial charge is 0.295 e. The summed E-state index contributed by atoms with van der Waals surface area (Å²) in [4.78, 5) is 4.53. The second-order valence-corrected chi connectivity index (χ2v) is 4.61. The van der Waals surface area contributed by atoms with Crippen LogP contribution in [-0.4, -0.2) is 12.3 Å². The van der Waals surface area contributed by atoms with Crippen molar-refractivity contribution >= 4 is 6.21 Å². The highest BCUT2D eigenvalue weighted by atomic mass is 14.8. The average Bonchev–Trinajstić information content (AvgIpc) is 2.30. The van der Waals surface area contributed by atoms with Gasteiger partial charge in [-0.05, 0) is 38.8 Å². The third kappa shape index (κ3) is 4.26. The second-order valence-electron chi connectivity index (χ2n) is 4.61. The average molecular weight is 195 g/mol. The summed E-state index contributed by atoms with van der Waals surface area (Å²) in [5.41, 5.74) is 0. The van der Waals surface area contributed by atoms with Gasteiger partial charge in [0.2, 0.25) is 0 Å². The highest BCUT2D eigenvalue weighted by molar-refractivity contribution is 5.53. The van der Waals surface area contributed by atoms with Crippen molar-refractivity contribution in [2.45, 2.75) is 71.3 Å². The van der Waals surface area contributed by atoms with E-state index in [-0.39, 0.29) is 0 Å². The third-order valence-electron chi connectivity index (χ3n) is 3.47. The van der Waals surface area contributed by atoms with Crippen LogP contribution in [0.15, 0.2) is 4.99 Å². The van der Waals surface area contributed by atoms with E-state index in [1.807, 2.05) is 13.1 Å². The lowest BCUT2D eigenvalue weighted by atomic mass is 9.91.